The maximum absolute atomic E-state index is 5.66. The highest BCUT2D eigenvalue weighted by atomic mass is 16.5. The fraction of sp³-hybridized carbons (Fsp3) is 0.222. The number of nitrogens with one attached hydrogen (secondary N) is 2. The van der Waals surface area contributed by atoms with Crippen LogP contribution in [0.4, 0.5) is 11.8 Å². The van der Waals surface area contributed by atoms with Crippen LogP contribution in [-0.2, 0) is 6.54 Å². The van der Waals surface area contributed by atoms with Gasteiger partial charge in [-0.2, -0.15) is 10.1 Å². The molecular formula is C18H20N6O2. The normalized spacial score (nSPS) is 10.2. The number of pyridine rings is 1. The van der Waals surface area contributed by atoms with Crippen LogP contribution in [0, 0.1) is 0 Å². The van der Waals surface area contributed by atoms with Crippen LogP contribution in [0.2, 0.25) is 0 Å². The van der Waals surface area contributed by atoms with Gasteiger partial charge in [-0.15, -0.1) is 5.10 Å². The van der Waals surface area contributed by atoms with Gasteiger partial charge in [-0.1, -0.05) is 6.07 Å². The van der Waals surface area contributed by atoms with E-state index in [0.29, 0.717) is 31.5 Å². The Balaban J connectivity index is 1.43. The zero-order valence-electron chi connectivity index (χ0n) is 14.4. The average molecular weight is 352 g/mol. The van der Waals surface area contributed by atoms with Crippen molar-refractivity contribution in [2.24, 2.45) is 0 Å². The predicted octanol–water partition coefficient (Wildman–Crippen LogP) is 2.38. The summed E-state index contributed by atoms with van der Waals surface area (Å²) in [5, 5.41) is 14.2. The molecule has 0 aliphatic rings. The van der Waals surface area contributed by atoms with E-state index in [2.05, 4.69) is 30.8 Å². The van der Waals surface area contributed by atoms with E-state index in [9.17, 15) is 0 Å². The van der Waals surface area contributed by atoms with Crippen LogP contribution in [0.5, 0.6) is 11.5 Å². The van der Waals surface area contributed by atoms with Crippen molar-refractivity contribution in [3.63, 3.8) is 0 Å². The minimum absolute atomic E-state index is 0.454. The van der Waals surface area contributed by atoms with E-state index in [1.54, 1.807) is 25.7 Å². The first-order chi connectivity index (χ1) is 12.8. The summed E-state index contributed by atoms with van der Waals surface area (Å²) in [7, 11) is 1.63. The minimum Gasteiger partial charge on any atom is -0.497 e. The van der Waals surface area contributed by atoms with Gasteiger partial charge in [-0.05, 0) is 35.9 Å². The molecule has 2 N–H and O–H groups in total. The molecule has 134 valence electrons. The van der Waals surface area contributed by atoms with Gasteiger partial charge in [0.2, 0.25) is 5.95 Å². The number of hydrogen-bond acceptors (Lipinski definition) is 8. The molecule has 0 bridgehead atoms. The van der Waals surface area contributed by atoms with Gasteiger partial charge in [-0.3, -0.25) is 4.98 Å². The molecule has 0 fully saturated rings. The Labute approximate surface area is 151 Å². The van der Waals surface area contributed by atoms with Crippen LogP contribution in [-0.4, -0.2) is 40.4 Å². The molecule has 0 aliphatic carbocycles. The highest BCUT2D eigenvalue weighted by molar-refractivity contribution is 5.37. The van der Waals surface area contributed by atoms with E-state index in [1.807, 2.05) is 36.4 Å². The molecule has 0 aliphatic heterocycles. The highest BCUT2D eigenvalue weighted by Crippen LogP contribution is 2.16. The van der Waals surface area contributed by atoms with Crippen molar-refractivity contribution in [3.05, 3.63) is 60.6 Å². The van der Waals surface area contributed by atoms with Crippen molar-refractivity contribution in [1.29, 1.82) is 0 Å². The van der Waals surface area contributed by atoms with E-state index in [1.165, 1.54) is 0 Å². The molecule has 3 rings (SSSR count). The Morgan fingerprint density at radius 2 is 1.85 bits per heavy atom. The Bertz CT molecular complexity index is 798. The van der Waals surface area contributed by atoms with Gasteiger partial charge in [0.15, 0.2) is 5.82 Å². The summed E-state index contributed by atoms with van der Waals surface area (Å²) in [5.74, 6) is 2.67. The number of methoxy groups -OCH3 is 1. The smallest absolute Gasteiger partial charge is 0.244 e. The van der Waals surface area contributed by atoms with Crippen LogP contribution < -0.4 is 20.1 Å². The number of benzene rings is 1. The van der Waals surface area contributed by atoms with Gasteiger partial charge < -0.3 is 20.1 Å². The zero-order valence-corrected chi connectivity index (χ0v) is 14.4. The molecule has 8 nitrogen and oxygen atoms in total. The predicted molar refractivity (Wildman–Crippen MR) is 98.4 cm³/mol. The van der Waals surface area contributed by atoms with Crippen LogP contribution >= 0.6 is 0 Å². The molecule has 8 heteroatoms. The molecule has 0 spiro atoms. The van der Waals surface area contributed by atoms with E-state index in [0.717, 1.165) is 17.1 Å². The van der Waals surface area contributed by atoms with Crippen molar-refractivity contribution < 1.29 is 9.47 Å². The number of ether oxygens (including phenoxy) is 2. The third-order valence-electron chi connectivity index (χ3n) is 3.47. The summed E-state index contributed by atoms with van der Waals surface area (Å²) in [4.78, 5) is 8.44. The maximum Gasteiger partial charge on any atom is 0.244 e. The maximum atomic E-state index is 5.66. The third-order valence-corrected chi connectivity index (χ3v) is 3.47. The molecule has 0 amide bonds. The van der Waals surface area contributed by atoms with Crippen molar-refractivity contribution in [1.82, 2.24) is 20.2 Å². The lowest BCUT2D eigenvalue weighted by Crippen LogP contribution is -2.14. The Hall–Kier alpha value is -3.42. The van der Waals surface area contributed by atoms with Gasteiger partial charge in [0, 0.05) is 18.9 Å². The molecule has 2 aromatic heterocycles. The first-order valence-corrected chi connectivity index (χ1v) is 8.17. The molecule has 0 radical (unpaired) electrons. The standard InChI is InChI=1S/C18H20N6O2/c1-25-15-4-6-16(7-5-15)26-10-9-20-17-13-22-24-18(23-17)21-12-14-3-2-8-19-11-14/h2-8,11,13H,9-10,12H2,1H3,(H2,20,21,23,24). The number of rotatable bonds is 9. The van der Waals surface area contributed by atoms with Gasteiger partial charge in [0.1, 0.15) is 18.1 Å². The summed E-state index contributed by atoms with van der Waals surface area (Å²) in [6.45, 7) is 1.67. The number of nitrogens with zero attached hydrogens (tertiary/aromatic N) is 4. The van der Waals surface area contributed by atoms with Crippen LogP contribution in [0.25, 0.3) is 0 Å². The van der Waals surface area contributed by atoms with Gasteiger partial charge in [0.05, 0.1) is 19.9 Å². The summed E-state index contributed by atoms with van der Waals surface area (Å²) in [5.41, 5.74) is 1.04. The molecule has 0 saturated heterocycles. The Kier molecular flexibility index (Phi) is 6.13. The summed E-state index contributed by atoms with van der Waals surface area (Å²) < 4.78 is 10.8. The summed E-state index contributed by atoms with van der Waals surface area (Å²) in [6, 6.07) is 11.3. The topological polar surface area (TPSA) is 94.1 Å². The Morgan fingerprint density at radius 1 is 1.00 bits per heavy atom. The monoisotopic (exact) mass is 352 g/mol. The van der Waals surface area contributed by atoms with Gasteiger partial charge in [0.25, 0.3) is 0 Å². The second-order valence-corrected chi connectivity index (χ2v) is 5.33. The molecule has 0 atom stereocenters. The lowest BCUT2D eigenvalue weighted by molar-refractivity contribution is 0.331. The van der Waals surface area contributed by atoms with Gasteiger partial charge in [-0.25, -0.2) is 0 Å². The van der Waals surface area contributed by atoms with Crippen LogP contribution in [0.1, 0.15) is 5.56 Å². The minimum atomic E-state index is 0.454. The molecule has 1 aromatic carbocycles. The lowest BCUT2D eigenvalue weighted by atomic mass is 10.3. The quantitative estimate of drug-likeness (QED) is 0.567. The molecule has 0 saturated carbocycles. The van der Waals surface area contributed by atoms with E-state index < -0.39 is 0 Å². The molecule has 3 aromatic rings. The van der Waals surface area contributed by atoms with Gasteiger partial charge >= 0.3 is 0 Å². The molecule has 2 heterocycles. The summed E-state index contributed by atoms with van der Waals surface area (Å²) in [6.07, 6.45) is 5.10. The van der Waals surface area contributed by atoms with E-state index in [-0.39, 0.29) is 0 Å². The fourth-order valence-electron chi connectivity index (χ4n) is 2.17. The largest absolute Gasteiger partial charge is 0.497 e. The summed E-state index contributed by atoms with van der Waals surface area (Å²) >= 11 is 0. The average Bonchev–Trinajstić information content (AvgIpc) is 2.71. The van der Waals surface area contributed by atoms with Crippen molar-refractivity contribution in [2.45, 2.75) is 6.54 Å². The first kappa shape index (κ1) is 17.4. The SMILES string of the molecule is COc1ccc(OCCNc2cnnc(NCc3cccnc3)n2)cc1. The molecule has 0 unspecified atom stereocenters. The van der Waals surface area contributed by atoms with E-state index in [4.69, 9.17) is 9.47 Å². The fourth-order valence-corrected chi connectivity index (χ4v) is 2.17. The van der Waals surface area contributed by atoms with Crippen molar-refractivity contribution in [3.8, 4) is 11.5 Å². The van der Waals surface area contributed by atoms with Crippen LogP contribution in [0.15, 0.2) is 55.0 Å². The lowest BCUT2D eigenvalue weighted by Gasteiger charge is -2.09. The number of hydrogen-bond donors (Lipinski definition) is 2. The zero-order chi connectivity index (χ0) is 18.0. The number of aromatic nitrogens is 4. The second-order valence-electron chi connectivity index (χ2n) is 5.33. The van der Waals surface area contributed by atoms with Crippen molar-refractivity contribution >= 4 is 11.8 Å². The highest BCUT2D eigenvalue weighted by Gasteiger charge is 2.01. The van der Waals surface area contributed by atoms with Crippen LogP contribution in [0.3, 0.4) is 0 Å². The number of anilines is 2. The molecule has 26 heavy (non-hydrogen) atoms. The first-order valence-electron chi connectivity index (χ1n) is 8.17. The molecular weight excluding hydrogens is 332 g/mol. The third kappa shape index (κ3) is 5.30. The van der Waals surface area contributed by atoms with E-state index >= 15 is 0 Å². The Morgan fingerprint density at radius 3 is 2.62 bits per heavy atom. The second kappa shape index (κ2) is 9.16. The van der Waals surface area contributed by atoms with Crippen molar-refractivity contribution in [2.75, 3.05) is 30.9 Å².